The molecule has 2 rings (SSSR count). The van der Waals surface area contributed by atoms with E-state index < -0.39 is 0 Å². The minimum atomic E-state index is -0.369. The van der Waals surface area contributed by atoms with Crippen molar-refractivity contribution in [3.63, 3.8) is 0 Å². The van der Waals surface area contributed by atoms with Gasteiger partial charge in [0.2, 0.25) is 5.91 Å². The van der Waals surface area contributed by atoms with Crippen LogP contribution >= 0.6 is 0 Å². The Kier molecular flexibility index (Phi) is 2.92. The van der Waals surface area contributed by atoms with Crippen LogP contribution in [0.4, 0.5) is 0 Å². The third-order valence-electron chi connectivity index (χ3n) is 2.49. The summed E-state index contributed by atoms with van der Waals surface area (Å²) in [5.41, 5.74) is 0.854. The van der Waals surface area contributed by atoms with E-state index in [1.165, 1.54) is 6.08 Å². The second kappa shape index (κ2) is 4.37. The fourth-order valence-corrected chi connectivity index (χ4v) is 1.49. The number of carbonyl (C=O) groups is 1. The number of aliphatic hydroxyl groups is 1. The highest BCUT2D eigenvalue weighted by Crippen LogP contribution is 2.12. The molecule has 16 heavy (non-hydrogen) atoms. The molecule has 4 heteroatoms. The largest absolute Gasteiger partial charge is 0.508 e. The van der Waals surface area contributed by atoms with Gasteiger partial charge in [0.25, 0.3) is 0 Å². The van der Waals surface area contributed by atoms with Crippen LogP contribution in [0.2, 0.25) is 0 Å². The molecule has 1 amide bonds. The van der Waals surface area contributed by atoms with Gasteiger partial charge in [-0.1, -0.05) is 12.1 Å². The number of aliphatic hydroxyl groups excluding tert-OH is 1. The summed E-state index contributed by atoms with van der Waals surface area (Å²) in [4.78, 5) is 13.1. The van der Waals surface area contributed by atoms with E-state index in [1.807, 2.05) is 0 Å². The van der Waals surface area contributed by atoms with Crippen LogP contribution in [-0.2, 0) is 4.79 Å². The van der Waals surface area contributed by atoms with Crippen LogP contribution in [0.1, 0.15) is 5.56 Å². The van der Waals surface area contributed by atoms with Crippen molar-refractivity contribution < 1.29 is 15.0 Å². The lowest BCUT2D eigenvalue weighted by Crippen LogP contribution is -2.52. The number of β-amino-alcohol motifs (C(OH)–C–C–N with tert-alkyl or cyclic N) is 1. The molecule has 1 heterocycles. The maximum absolute atomic E-state index is 11.5. The summed E-state index contributed by atoms with van der Waals surface area (Å²) in [7, 11) is 0. The van der Waals surface area contributed by atoms with Gasteiger partial charge in [-0.05, 0) is 23.8 Å². The van der Waals surface area contributed by atoms with Crippen molar-refractivity contribution in [1.29, 1.82) is 0 Å². The summed E-state index contributed by atoms with van der Waals surface area (Å²) in [5.74, 6) is 0.104. The van der Waals surface area contributed by atoms with E-state index in [0.717, 1.165) is 5.56 Å². The number of benzene rings is 1. The van der Waals surface area contributed by atoms with Crippen molar-refractivity contribution in [2.45, 2.75) is 6.10 Å². The Balaban J connectivity index is 1.93. The molecule has 0 atom stereocenters. The fraction of sp³-hybridized carbons (Fsp3) is 0.250. The predicted molar refractivity (Wildman–Crippen MR) is 59.7 cm³/mol. The Labute approximate surface area is 93.4 Å². The van der Waals surface area contributed by atoms with Gasteiger partial charge in [0.05, 0.1) is 6.10 Å². The number of carbonyl (C=O) groups excluding carboxylic acids is 1. The van der Waals surface area contributed by atoms with Crippen LogP contribution in [0, 0.1) is 0 Å². The van der Waals surface area contributed by atoms with Crippen molar-refractivity contribution in [2.75, 3.05) is 13.1 Å². The van der Waals surface area contributed by atoms with Crippen molar-refractivity contribution in [1.82, 2.24) is 4.90 Å². The number of phenols is 1. The lowest BCUT2D eigenvalue weighted by Gasteiger charge is -2.34. The molecule has 0 spiro atoms. The third kappa shape index (κ3) is 2.41. The van der Waals surface area contributed by atoms with Crippen LogP contribution in [0.15, 0.2) is 30.3 Å². The summed E-state index contributed by atoms with van der Waals surface area (Å²) in [6.07, 6.45) is 2.79. The lowest BCUT2D eigenvalue weighted by molar-refractivity contribution is -0.135. The second-order valence-corrected chi connectivity index (χ2v) is 3.82. The summed E-state index contributed by atoms with van der Waals surface area (Å²) >= 11 is 0. The molecule has 0 radical (unpaired) electrons. The molecule has 1 aliphatic heterocycles. The molecular formula is C12H13NO3. The maximum atomic E-state index is 11.5. The Morgan fingerprint density at radius 1 is 1.31 bits per heavy atom. The van der Waals surface area contributed by atoms with Crippen LogP contribution in [0.3, 0.4) is 0 Å². The minimum absolute atomic E-state index is 0.0987. The van der Waals surface area contributed by atoms with E-state index in [0.29, 0.717) is 13.1 Å². The molecule has 0 bridgehead atoms. The fourth-order valence-electron chi connectivity index (χ4n) is 1.49. The van der Waals surface area contributed by atoms with Gasteiger partial charge < -0.3 is 15.1 Å². The minimum Gasteiger partial charge on any atom is -0.508 e. The number of likely N-dealkylation sites (tertiary alicyclic amines) is 1. The quantitative estimate of drug-likeness (QED) is 0.716. The summed E-state index contributed by atoms with van der Waals surface area (Å²) < 4.78 is 0. The molecule has 1 aromatic rings. The molecule has 1 saturated heterocycles. The molecule has 4 nitrogen and oxygen atoms in total. The Morgan fingerprint density at radius 2 is 1.94 bits per heavy atom. The number of hydrogen-bond acceptors (Lipinski definition) is 3. The van der Waals surface area contributed by atoms with Crippen LogP contribution < -0.4 is 0 Å². The maximum Gasteiger partial charge on any atom is 0.246 e. The number of hydrogen-bond donors (Lipinski definition) is 2. The molecule has 0 saturated carbocycles. The van der Waals surface area contributed by atoms with E-state index in [4.69, 9.17) is 10.2 Å². The van der Waals surface area contributed by atoms with Gasteiger partial charge >= 0.3 is 0 Å². The van der Waals surface area contributed by atoms with E-state index >= 15 is 0 Å². The Hall–Kier alpha value is -1.81. The van der Waals surface area contributed by atoms with Crippen LogP contribution in [0.25, 0.3) is 6.08 Å². The molecule has 2 N–H and O–H groups in total. The number of rotatable bonds is 2. The number of amides is 1. The SMILES string of the molecule is O=C(C=Cc1ccc(O)cc1)N1CC(O)C1. The highest BCUT2D eigenvalue weighted by molar-refractivity contribution is 5.92. The molecular weight excluding hydrogens is 206 g/mol. The van der Waals surface area contributed by atoms with E-state index in [2.05, 4.69) is 0 Å². The summed E-state index contributed by atoms with van der Waals surface area (Å²) in [6.45, 7) is 0.831. The normalized spacial score (nSPS) is 16.4. The van der Waals surface area contributed by atoms with Gasteiger partial charge in [-0.15, -0.1) is 0 Å². The highest BCUT2D eigenvalue weighted by Gasteiger charge is 2.26. The van der Waals surface area contributed by atoms with Crippen molar-refractivity contribution in [2.24, 2.45) is 0 Å². The number of aromatic hydroxyl groups is 1. The first kappa shape index (κ1) is 10.7. The van der Waals surface area contributed by atoms with Gasteiger partial charge in [0.1, 0.15) is 5.75 Å². The van der Waals surface area contributed by atoms with E-state index in [-0.39, 0.29) is 17.8 Å². The molecule has 1 fully saturated rings. The zero-order valence-electron chi connectivity index (χ0n) is 8.71. The number of phenolic OH excluding ortho intramolecular Hbond substituents is 1. The van der Waals surface area contributed by atoms with Gasteiger partial charge in [-0.25, -0.2) is 0 Å². The van der Waals surface area contributed by atoms with Crippen molar-refractivity contribution in [3.8, 4) is 5.75 Å². The third-order valence-corrected chi connectivity index (χ3v) is 2.49. The zero-order valence-corrected chi connectivity index (χ0v) is 8.71. The molecule has 1 aliphatic rings. The average Bonchev–Trinajstić information content (AvgIpc) is 2.24. The van der Waals surface area contributed by atoms with Crippen LogP contribution in [-0.4, -0.2) is 40.2 Å². The standard InChI is InChI=1S/C12H13NO3/c14-10-4-1-9(2-5-10)3-6-12(16)13-7-11(15)8-13/h1-6,11,14-15H,7-8H2. The predicted octanol–water partition coefficient (Wildman–Crippen LogP) is 0.608. The topological polar surface area (TPSA) is 60.8 Å². The molecule has 0 aliphatic carbocycles. The van der Waals surface area contributed by atoms with Crippen molar-refractivity contribution in [3.05, 3.63) is 35.9 Å². The van der Waals surface area contributed by atoms with E-state index in [9.17, 15) is 4.79 Å². The van der Waals surface area contributed by atoms with Crippen LogP contribution in [0.5, 0.6) is 5.75 Å². The number of nitrogens with zero attached hydrogens (tertiary/aromatic N) is 1. The van der Waals surface area contributed by atoms with Crippen molar-refractivity contribution >= 4 is 12.0 Å². The van der Waals surface area contributed by atoms with Gasteiger partial charge in [-0.3, -0.25) is 4.79 Å². The lowest BCUT2D eigenvalue weighted by atomic mass is 10.1. The molecule has 1 aromatic carbocycles. The smallest absolute Gasteiger partial charge is 0.246 e. The molecule has 0 unspecified atom stereocenters. The van der Waals surface area contributed by atoms with Gasteiger partial charge in [-0.2, -0.15) is 0 Å². The average molecular weight is 219 g/mol. The summed E-state index contributed by atoms with van der Waals surface area (Å²) in [5, 5.41) is 18.1. The monoisotopic (exact) mass is 219 g/mol. The van der Waals surface area contributed by atoms with Gasteiger partial charge in [0, 0.05) is 19.2 Å². The van der Waals surface area contributed by atoms with Gasteiger partial charge in [0.15, 0.2) is 0 Å². The van der Waals surface area contributed by atoms with E-state index in [1.54, 1.807) is 35.2 Å². The molecule has 0 aromatic heterocycles. The summed E-state index contributed by atoms with van der Waals surface area (Å²) in [6, 6.07) is 6.59. The zero-order chi connectivity index (χ0) is 11.5. The highest BCUT2D eigenvalue weighted by atomic mass is 16.3. The second-order valence-electron chi connectivity index (χ2n) is 3.82. The molecule has 84 valence electrons. The first-order valence-electron chi connectivity index (χ1n) is 5.09. The first-order chi connectivity index (χ1) is 7.65. The first-order valence-corrected chi connectivity index (χ1v) is 5.09. The Morgan fingerprint density at radius 3 is 2.50 bits per heavy atom. The Bertz CT molecular complexity index is 405.